The molecule has 1 aliphatic heterocycles. The fourth-order valence-electron chi connectivity index (χ4n) is 2.12. The zero-order chi connectivity index (χ0) is 18.5. The van der Waals surface area contributed by atoms with Crippen LogP contribution in [0.2, 0.25) is 0 Å². The number of carbonyl (C=O) groups is 1. The predicted molar refractivity (Wildman–Crippen MR) is 86.9 cm³/mol. The second kappa shape index (κ2) is 7.47. The molecule has 0 spiro atoms. The smallest absolute Gasteiger partial charge is 0.282 e. The van der Waals surface area contributed by atoms with Crippen LogP contribution in [0.15, 0.2) is 41.5 Å². The van der Waals surface area contributed by atoms with Gasteiger partial charge >= 0.3 is 0 Å². The van der Waals surface area contributed by atoms with Gasteiger partial charge in [-0.1, -0.05) is 12.1 Å². The molecule has 0 aliphatic carbocycles. The maximum Gasteiger partial charge on any atom is 0.282 e. The molecule has 9 nitrogen and oxygen atoms in total. The van der Waals surface area contributed by atoms with Gasteiger partial charge in [0.25, 0.3) is 11.6 Å². The number of hydrogen-bond donors (Lipinski definition) is 1. The van der Waals surface area contributed by atoms with Crippen molar-refractivity contribution < 1.29 is 28.3 Å². The van der Waals surface area contributed by atoms with E-state index in [1.165, 1.54) is 30.3 Å². The molecular weight excluding hydrogens is 349 g/mol. The Morgan fingerprint density at radius 1 is 1.35 bits per heavy atom. The fourth-order valence-corrected chi connectivity index (χ4v) is 2.12. The number of nitro benzene ring substituents is 1. The third kappa shape index (κ3) is 3.86. The number of hydrogen-bond acceptors (Lipinski definition) is 7. The summed E-state index contributed by atoms with van der Waals surface area (Å²) < 4.78 is 28.6. The van der Waals surface area contributed by atoms with Gasteiger partial charge in [0.15, 0.2) is 29.7 Å². The van der Waals surface area contributed by atoms with E-state index in [1.807, 2.05) is 0 Å². The number of rotatable bonds is 6. The van der Waals surface area contributed by atoms with Crippen molar-refractivity contribution in [3.05, 3.63) is 57.9 Å². The molecule has 2 aromatic carbocycles. The standard InChI is InChI=1S/C16H12FN3O6/c17-11-3-1-2-4-13(11)24-8-16(21)19-18-7-10-5-14-15(26-9-25-14)6-12(10)20(22)23/h1-7H,8-9H2,(H,19,21). The van der Waals surface area contributed by atoms with Gasteiger partial charge in [-0.25, -0.2) is 9.82 Å². The van der Waals surface area contributed by atoms with Gasteiger partial charge in [-0.05, 0) is 18.2 Å². The molecular formula is C16H12FN3O6. The van der Waals surface area contributed by atoms with Crippen molar-refractivity contribution in [1.29, 1.82) is 0 Å². The molecule has 134 valence electrons. The van der Waals surface area contributed by atoms with Gasteiger partial charge in [-0.15, -0.1) is 0 Å². The summed E-state index contributed by atoms with van der Waals surface area (Å²) in [4.78, 5) is 22.2. The minimum absolute atomic E-state index is 0.0306. The lowest BCUT2D eigenvalue weighted by molar-refractivity contribution is -0.385. The van der Waals surface area contributed by atoms with Crippen LogP contribution in [0.5, 0.6) is 17.2 Å². The Morgan fingerprint density at radius 3 is 2.81 bits per heavy atom. The molecule has 2 aromatic rings. The van der Waals surface area contributed by atoms with Crippen LogP contribution in [0.1, 0.15) is 5.56 Å². The van der Waals surface area contributed by atoms with E-state index in [9.17, 15) is 19.3 Å². The monoisotopic (exact) mass is 361 g/mol. The topological polar surface area (TPSA) is 112 Å². The van der Waals surface area contributed by atoms with Crippen molar-refractivity contribution in [1.82, 2.24) is 5.43 Å². The first kappa shape index (κ1) is 17.1. The second-order valence-corrected chi connectivity index (χ2v) is 5.03. The third-order valence-corrected chi connectivity index (χ3v) is 3.31. The van der Waals surface area contributed by atoms with Gasteiger partial charge in [-0.2, -0.15) is 5.10 Å². The van der Waals surface area contributed by atoms with E-state index in [0.717, 1.165) is 6.21 Å². The van der Waals surface area contributed by atoms with E-state index < -0.39 is 23.3 Å². The first-order chi connectivity index (χ1) is 12.5. The number of para-hydroxylation sites is 1. The van der Waals surface area contributed by atoms with Crippen LogP contribution in [-0.2, 0) is 4.79 Å². The molecule has 26 heavy (non-hydrogen) atoms. The molecule has 10 heteroatoms. The van der Waals surface area contributed by atoms with Gasteiger partial charge in [-0.3, -0.25) is 14.9 Å². The average molecular weight is 361 g/mol. The van der Waals surface area contributed by atoms with Crippen molar-refractivity contribution in [3.8, 4) is 17.2 Å². The number of benzene rings is 2. The van der Waals surface area contributed by atoms with Crippen LogP contribution in [0.3, 0.4) is 0 Å². The number of halogens is 1. The molecule has 0 saturated carbocycles. The molecule has 0 radical (unpaired) electrons. The lowest BCUT2D eigenvalue weighted by Gasteiger charge is -2.05. The maximum absolute atomic E-state index is 13.4. The Kier molecular flexibility index (Phi) is 4.92. The van der Waals surface area contributed by atoms with E-state index in [2.05, 4.69) is 10.5 Å². The molecule has 0 fully saturated rings. The molecule has 0 bridgehead atoms. The van der Waals surface area contributed by atoms with E-state index in [1.54, 1.807) is 6.07 Å². The summed E-state index contributed by atoms with van der Waals surface area (Å²) >= 11 is 0. The number of amides is 1. The highest BCUT2D eigenvalue weighted by molar-refractivity contribution is 5.88. The van der Waals surface area contributed by atoms with Gasteiger partial charge in [0.05, 0.1) is 22.8 Å². The van der Waals surface area contributed by atoms with Crippen LogP contribution in [0, 0.1) is 15.9 Å². The Morgan fingerprint density at radius 2 is 2.08 bits per heavy atom. The van der Waals surface area contributed by atoms with Crippen molar-refractivity contribution in [2.45, 2.75) is 0 Å². The maximum atomic E-state index is 13.4. The molecule has 1 aliphatic rings. The number of carbonyl (C=O) groups excluding carboxylic acids is 1. The zero-order valence-electron chi connectivity index (χ0n) is 13.2. The van der Waals surface area contributed by atoms with Gasteiger partial charge in [0.1, 0.15) is 0 Å². The number of nitrogens with one attached hydrogen (secondary N) is 1. The summed E-state index contributed by atoms with van der Waals surface area (Å²) in [7, 11) is 0. The van der Waals surface area contributed by atoms with Crippen molar-refractivity contribution in [3.63, 3.8) is 0 Å². The lowest BCUT2D eigenvalue weighted by Crippen LogP contribution is -2.24. The highest BCUT2D eigenvalue weighted by Crippen LogP contribution is 2.37. The number of hydrazone groups is 1. The van der Waals surface area contributed by atoms with E-state index in [0.29, 0.717) is 5.75 Å². The Hall–Kier alpha value is -3.69. The highest BCUT2D eigenvalue weighted by Gasteiger charge is 2.22. The van der Waals surface area contributed by atoms with Crippen molar-refractivity contribution in [2.75, 3.05) is 13.4 Å². The number of ether oxygens (including phenoxy) is 3. The van der Waals surface area contributed by atoms with E-state index in [-0.39, 0.29) is 29.5 Å². The lowest BCUT2D eigenvalue weighted by atomic mass is 10.1. The molecule has 1 N–H and O–H groups in total. The molecule has 1 heterocycles. The molecule has 0 unspecified atom stereocenters. The minimum atomic E-state index is -0.659. The highest BCUT2D eigenvalue weighted by atomic mass is 19.1. The summed E-state index contributed by atoms with van der Waals surface area (Å²) in [6, 6.07) is 8.23. The second-order valence-electron chi connectivity index (χ2n) is 5.03. The van der Waals surface area contributed by atoms with Gasteiger partial charge in [0.2, 0.25) is 6.79 Å². The van der Waals surface area contributed by atoms with Gasteiger partial charge in [0, 0.05) is 0 Å². The van der Waals surface area contributed by atoms with Crippen LogP contribution in [0.4, 0.5) is 10.1 Å². The third-order valence-electron chi connectivity index (χ3n) is 3.31. The van der Waals surface area contributed by atoms with E-state index >= 15 is 0 Å². The van der Waals surface area contributed by atoms with Gasteiger partial charge < -0.3 is 14.2 Å². The molecule has 3 rings (SSSR count). The summed E-state index contributed by atoms with van der Waals surface area (Å²) in [5, 5.41) is 14.8. The van der Waals surface area contributed by atoms with Crippen LogP contribution in [-0.4, -0.2) is 30.4 Å². The molecule has 0 saturated heterocycles. The largest absolute Gasteiger partial charge is 0.481 e. The summed E-state index contributed by atoms with van der Waals surface area (Å²) in [6.07, 6.45) is 1.10. The molecule has 0 aromatic heterocycles. The number of nitrogens with zero attached hydrogens (tertiary/aromatic N) is 2. The first-order valence-electron chi connectivity index (χ1n) is 7.32. The average Bonchev–Trinajstić information content (AvgIpc) is 3.07. The number of nitro groups is 1. The minimum Gasteiger partial charge on any atom is -0.481 e. The van der Waals surface area contributed by atoms with Crippen LogP contribution in [0.25, 0.3) is 0 Å². The van der Waals surface area contributed by atoms with Crippen molar-refractivity contribution in [2.24, 2.45) is 5.10 Å². The fraction of sp³-hybridized carbons (Fsp3) is 0.125. The van der Waals surface area contributed by atoms with Crippen molar-refractivity contribution >= 4 is 17.8 Å². The summed E-state index contributed by atoms with van der Waals surface area (Å²) in [5.74, 6) is -0.729. The Labute approximate surface area is 146 Å². The number of fused-ring (bicyclic) bond motifs is 1. The summed E-state index contributed by atoms with van der Waals surface area (Å²) in [5.41, 5.74) is 2.01. The molecule has 1 amide bonds. The first-order valence-corrected chi connectivity index (χ1v) is 7.32. The molecule has 0 atom stereocenters. The predicted octanol–water partition coefficient (Wildman–Crippen LogP) is 1.99. The normalized spacial score (nSPS) is 12.2. The Balaban J connectivity index is 1.62. The quantitative estimate of drug-likeness (QED) is 0.478. The zero-order valence-corrected chi connectivity index (χ0v) is 13.2. The van der Waals surface area contributed by atoms with E-state index in [4.69, 9.17) is 14.2 Å². The SMILES string of the molecule is O=C(COc1ccccc1F)NN=Cc1cc2c(cc1[N+](=O)[O-])OCO2. The Bertz CT molecular complexity index is 886. The summed E-state index contributed by atoms with van der Waals surface area (Å²) in [6.45, 7) is -0.501. The van der Waals surface area contributed by atoms with Crippen LogP contribution < -0.4 is 19.6 Å². The van der Waals surface area contributed by atoms with Crippen LogP contribution >= 0.6 is 0 Å².